The van der Waals surface area contributed by atoms with Crippen molar-refractivity contribution in [1.29, 1.82) is 0 Å². The molecule has 0 spiro atoms. The molecule has 3 fully saturated rings. The smallest absolute Gasteiger partial charge is 0.0961 e. The predicted octanol–water partition coefficient (Wildman–Crippen LogP) is 3.34. The zero-order valence-electron chi connectivity index (χ0n) is 15.3. The summed E-state index contributed by atoms with van der Waals surface area (Å²) < 4.78 is 0. The molecule has 0 aliphatic heterocycles. The van der Waals surface area contributed by atoms with Crippen LogP contribution in [-0.2, 0) is 0 Å². The van der Waals surface area contributed by atoms with Gasteiger partial charge in [-0.15, -0.1) is 0 Å². The van der Waals surface area contributed by atoms with Gasteiger partial charge in [0.1, 0.15) is 0 Å². The first kappa shape index (κ1) is 16.8. The molecule has 4 aliphatic rings. The third-order valence-electron chi connectivity index (χ3n) is 8.45. The lowest BCUT2D eigenvalue weighted by Crippen LogP contribution is -2.56. The van der Waals surface area contributed by atoms with Crippen molar-refractivity contribution in [3.05, 3.63) is 23.3 Å². The van der Waals surface area contributed by atoms with Crippen LogP contribution in [0.2, 0.25) is 0 Å². The van der Waals surface area contributed by atoms with Gasteiger partial charge >= 0.3 is 0 Å². The SMILES string of the molecule is CC(O)[C@@]1(O)CC[C@H]2C3=CC=C4C[C@@H](O)CC[C@]4(C)[C@H]3CC[C@@]21C. The standard InChI is InChI=1S/C21H32O3/c1-13(22)21(24)11-8-18-16-5-4-14-12-15(23)6-9-19(14,2)17(16)7-10-20(18,21)3/h4-5,13,15,17-18,22-24H,6-12H2,1-3H3/t13?,15-,17-,18-,19-,20-,21-/m0/s1. The van der Waals surface area contributed by atoms with E-state index in [9.17, 15) is 15.3 Å². The van der Waals surface area contributed by atoms with Gasteiger partial charge in [-0.1, -0.05) is 37.1 Å². The van der Waals surface area contributed by atoms with Crippen LogP contribution in [0.1, 0.15) is 65.7 Å². The second-order valence-corrected chi connectivity index (χ2v) is 9.37. The Kier molecular flexibility index (Phi) is 3.63. The van der Waals surface area contributed by atoms with Crippen molar-refractivity contribution >= 4 is 0 Å². The number of aliphatic hydroxyl groups is 3. The lowest BCUT2D eigenvalue weighted by atomic mass is 9.49. The fourth-order valence-corrected chi connectivity index (χ4v) is 6.72. The quantitative estimate of drug-likeness (QED) is 0.690. The predicted molar refractivity (Wildman–Crippen MR) is 94.3 cm³/mol. The monoisotopic (exact) mass is 332 g/mol. The summed E-state index contributed by atoms with van der Waals surface area (Å²) in [7, 11) is 0. The van der Waals surface area contributed by atoms with Crippen LogP contribution in [0.5, 0.6) is 0 Å². The van der Waals surface area contributed by atoms with Crippen LogP contribution < -0.4 is 0 Å². The molecule has 0 saturated heterocycles. The highest BCUT2D eigenvalue weighted by Gasteiger charge is 2.63. The fourth-order valence-electron chi connectivity index (χ4n) is 6.72. The number of hydrogen-bond acceptors (Lipinski definition) is 3. The number of hydrogen-bond donors (Lipinski definition) is 3. The maximum absolute atomic E-state index is 11.2. The Bertz CT molecular complexity index is 606. The number of aliphatic hydroxyl groups excluding tert-OH is 2. The molecule has 0 aromatic rings. The van der Waals surface area contributed by atoms with E-state index in [4.69, 9.17) is 0 Å². The lowest BCUT2D eigenvalue weighted by molar-refractivity contribution is -0.148. The molecule has 7 atom stereocenters. The molecule has 0 radical (unpaired) electrons. The number of fused-ring (bicyclic) bond motifs is 5. The summed E-state index contributed by atoms with van der Waals surface area (Å²) in [5, 5.41) is 31.5. The molecule has 0 heterocycles. The molecule has 1 unspecified atom stereocenters. The molecule has 3 N–H and O–H groups in total. The largest absolute Gasteiger partial charge is 0.393 e. The summed E-state index contributed by atoms with van der Waals surface area (Å²) in [6, 6.07) is 0. The Balaban J connectivity index is 1.74. The topological polar surface area (TPSA) is 60.7 Å². The van der Waals surface area contributed by atoms with Gasteiger partial charge in [0, 0.05) is 5.41 Å². The van der Waals surface area contributed by atoms with Gasteiger partial charge in [-0.2, -0.15) is 0 Å². The summed E-state index contributed by atoms with van der Waals surface area (Å²) in [4.78, 5) is 0. The van der Waals surface area contributed by atoms with Crippen LogP contribution in [0.3, 0.4) is 0 Å². The minimum atomic E-state index is -0.961. The van der Waals surface area contributed by atoms with E-state index in [0.717, 1.165) is 38.5 Å². The van der Waals surface area contributed by atoms with Gasteiger partial charge in [-0.25, -0.2) is 0 Å². The van der Waals surface area contributed by atoms with Gasteiger partial charge in [0.15, 0.2) is 0 Å². The second kappa shape index (κ2) is 5.18. The molecule has 24 heavy (non-hydrogen) atoms. The molecule has 0 bridgehead atoms. The van der Waals surface area contributed by atoms with Gasteiger partial charge in [-0.3, -0.25) is 0 Å². The number of allylic oxidation sites excluding steroid dienone is 3. The van der Waals surface area contributed by atoms with Crippen molar-refractivity contribution in [3.8, 4) is 0 Å². The third kappa shape index (κ3) is 1.95. The summed E-state index contributed by atoms with van der Waals surface area (Å²) >= 11 is 0. The molecule has 4 rings (SSSR count). The zero-order chi connectivity index (χ0) is 17.3. The molecule has 0 amide bonds. The van der Waals surface area contributed by atoms with E-state index in [-0.39, 0.29) is 16.9 Å². The average Bonchev–Trinajstić information content (AvgIpc) is 2.81. The van der Waals surface area contributed by atoms with Crippen molar-refractivity contribution in [2.24, 2.45) is 22.7 Å². The van der Waals surface area contributed by atoms with E-state index in [1.54, 1.807) is 6.92 Å². The summed E-state index contributed by atoms with van der Waals surface area (Å²) in [5.74, 6) is 0.914. The van der Waals surface area contributed by atoms with Gasteiger partial charge in [0.2, 0.25) is 0 Å². The van der Waals surface area contributed by atoms with E-state index in [1.807, 2.05) is 0 Å². The van der Waals surface area contributed by atoms with Crippen LogP contribution in [0, 0.1) is 22.7 Å². The Morgan fingerprint density at radius 1 is 1.04 bits per heavy atom. The molecule has 4 aliphatic carbocycles. The van der Waals surface area contributed by atoms with Gasteiger partial charge in [0.05, 0.1) is 17.8 Å². The Hall–Kier alpha value is -0.640. The third-order valence-corrected chi connectivity index (χ3v) is 8.45. The van der Waals surface area contributed by atoms with E-state index in [1.165, 1.54) is 11.1 Å². The molecular weight excluding hydrogens is 300 g/mol. The maximum Gasteiger partial charge on any atom is 0.0961 e. The van der Waals surface area contributed by atoms with Crippen molar-refractivity contribution in [1.82, 2.24) is 0 Å². The highest BCUT2D eigenvalue weighted by molar-refractivity contribution is 5.39. The van der Waals surface area contributed by atoms with Crippen LogP contribution in [0.15, 0.2) is 23.3 Å². The maximum atomic E-state index is 11.2. The van der Waals surface area contributed by atoms with Crippen molar-refractivity contribution in [2.45, 2.75) is 83.5 Å². The summed E-state index contributed by atoms with van der Waals surface area (Å²) in [6.07, 6.45) is 10.2. The molecular formula is C21H32O3. The van der Waals surface area contributed by atoms with Crippen LogP contribution in [0.25, 0.3) is 0 Å². The molecule has 134 valence electrons. The first-order chi connectivity index (χ1) is 11.2. The van der Waals surface area contributed by atoms with E-state index >= 15 is 0 Å². The molecule has 3 saturated carbocycles. The fraction of sp³-hybridized carbons (Fsp3) is 0.810. The molecule has 3 nitrogen and oxygen atoms in total. The van der Waals surface area contributed by atoms with Crippen molar-refractivity contribution in [2.75, 3.05) is 0 Å². The van der Waals surface area contributed by atoms with Crippen LogP contribution in [-0.4, -0.2) is 33.1 Å². The Morgan fingerprint density at radius 2 is 1.75 bits per heavy atom. The lowest BCUT2D eigenvalue weighted by Gasteiger charge is -2.56. The average molecular weight is 332 g/mol. The Morgan fingerprint density at radius 3 is 2.46 bits per heavy atom. The summed E-state index contributed by atoms with van der Waals surface area (Å²) in [5.41, 5.74) is 1.91. The van der Waals surface area contributed by atoms with E-state index in [0.29, 0.717) is 18.3 Å². The number of rotatable bonds is 1. The van der Waals surface area contributed by atoms with Gasteiger partial charge < -0.3 is 15.3 Å². The second-order valence-electron chi connectivity index (χ2n) is 9.37. The van der Waals surface area contributed by atoms with Crippen molar-refractivity contribution < 1.29 is 15.3 Å². The summed E-state index contributed by atoms with van der Waals surface area (Å²) in [6.45, 7) is 6.33. The first-order valence-corrected chi connectivity index (χ1v) is 9.72. The minimum absolute atomic E-state index is 0.177. The molecule has 3 heteroatoms. The highest BCUT2D eigenvalue weighted by atomic mass is 16.3. The Labute approximate surface area is 145 Å². The highest BCUT2D eigenvalue weighted by Crippen LogP contribution is 2.66. The molecule has 0 aromatic heterocycles. The van der Waals surface area contributed by atoms with Crippen LogP contribution >= 0.6 is 0 Å². The van der Waals surface area contributed by atoms with Crippen LogP contribution in [0.4, 0.5) is 0 Å². The van der Waals surface area contributed by atoms with Gasteiger partial charge in [0.25, 0.3) is 0 Å². The minimum Gasteiger partial charge on any atom is -0.393 e. The van der Waals surface area contributed by atoms with Gasteiger partial charge in [-0.05, 0) is 69.1 Å². The van der Waals surface area contributed by atoms with E-state index in [2.05, 4.69) is 26.0 Å². The van der Waals surface area contributed by atoms with E-state index < -0.39 is 11.7 Å². The normalized spacial score (nSPS) is 51.8. The van der Waals surface area contributed by atoms with Crippen molar-refractivity contribution in [3.63, 3.8) is 0 Å². The zero-order valence-corrected chi connectivity index (χ0v) is 15.3. The first-order valence-electron chi connectivity index (χ1n) is 9.72. The molecule has 0 aromatic carbocycles.